The van der Waals surface area contributed by atoms with Crippen LogP contribution < -0.4 is 22.9 Å². The molecular weight excluding hydrogens is 776 g/mol. The van der Waals surface area contributed by atoms with Gasteiger partial charge in [0.15, 0.2) is 0 Å². The van der Waals surface area contributed by atoms with Gasteiger partial charge in [0, 0.05) is 77.8 Å². The monoisotopic (exact) mass is 836 g/mol. The van der Waals surface area contributed by atoms with Crippen LogP contribution in [0.5, 0.6) is 0 Å². The van der Waals surface area contributed by atoms with Crippen LogP contribution >= 0.6 is 31.9 Å². The number of nitrogens with zero attached hydrogens (tertiary/aromatic N) is 4. The van der Waals surface area contributed by atoms with E-state index in [1.807, 2.05) is 52.5 Å². The number of rotatable bonds is 6. The molecule has 0 atom stereocenters. The van der Waals surface area contributed by atoms with Gasteiger partial charge in [-0.2, -0.15) is 0 Å². The van der Waals surface area contributed by atoms with Crippen molar-refractivity contribution in [2.75, 3.05) is 22.9 Å². The number of nitrogens with two attached hydrogens (primary N) is 4. The minimum Gasteiger partial charge on any atom is -0.398 e. The first-order valence-corrected chi connectivity index (χ1v) is 18.8. The maximum absolute atomic E-state index is 6.05. The maximum atomic E-state index is 6.05. The molecule has 0 spiro atoms. The fraction of sp³-hybridized carbons (Fsp3) is 0.381. The Kier molecular flexibility index (Phi) is 21.7. The normalized spacial score (nSPS) is 10.2. The molecule has 0 amide bonds. The lowest BCUT2D eigenvalue weighted by Gasteiger charge is -2.14. The highest BCUT2D eigenvalue weighted by Crippen LogP contribution is 2.30. The summed E-state index contributed by atoms with van der Waals surface area (Å²) in [5.41, 5.74) is 36.3. The van der Waals surface area contributed by atoms with Crippen LogP contribution in [0.1, 0.15) is 140 Å². The van der Waals surface area contributed by atoms with E-state index in [2.05, 4.69) is 127 Å². The number of aromatic nitrogens is 4. The van der Waals surface area contributed by atoms with Gasteiger partial charge in [0.25, 0.3) is 0 Å². The van der Waals surface area contributed by atoms with Gasteiger partial charge in [-0.3, -0.25) is 19.9 Å². The zero-order chi connectivity index (χ0) is 40.5. The van der Waals surface area contributed by atoms with E-state index in [9.17, 15) is 0 Å². The summed E-state index contributed by atoms with van der Waals surface area (Å²) >= 11 is 6.46. The molecule has 4 heterocycles. The Hall–Kier alpha value is -4.02. The van der Waals surface area contributed by atoms with E-state index in [1.54, 1.807) is 24.8 Å². The van der Waals surface area contributed by atoms with Gasteiger partial charge < -0.3 is 22.9 Å². The van der Waals surface area contributed by atoms with E-state index in [4.69, 9.17) is 22.9 Å². The average molecular weight is 839 g/mol. The number of nitrogen functional groups attached to an aromatic ring is 4. The molecular formula is C42H62Br2N8. The lowest BCUT2D eigenvalue weighted by molar-refractivity contribution is 0.826. The third-order valence-electron chi connectivity index (χ3n) is 7.38. The second kappa shape index (κ2) is 23.5. The highest BCUT2D eigenvalue weighted by atomic mass is 79.9. The highest BCUT2D eigenvalue weighted by Gasteiger charge is 2.12. The van der Waals surface area contributed by atoms with Crippen LogP contribution in [0.3, 0.4) is 0 Å². The summed E-state index contributed by atoms with van der Waals surface area (Å²) in [6, 6.07) is 0. The average Bonchev–Trinajstić information content (AvgIpc) is 3.03. The summed E-state index contributed by atoms with van der Waals surface area (Å²) in [7, 11) is 0. The number of allylic oxidation sites excluding steroid dienone is 3. The van der Waals surface area contributed by atoms with Crippen molar-refractivity contribution in [1.82, 2.24) is 19.9 Å². The molecule has 0 fully saturated rings. The van der Waals surface area contributed by atoms with Crippen molar-refractivity contribution in [3.05, 3.63) is 117 Å². The summed E-state index contributed by atoms with van der Waals surface area (Å²) in [4.78, 5) is 16.4. The predicted molar refractivity (Wildman–Crippen MR) is 236 cm³/mol. The summed E-state index contributed by atoms with van der Waals surface area (Å²) < 4.78 is 1.63. The Morgan fingerprint density at radius 2 is 0.673 bits per heavy atom. The summed E-state index contributed by atoms with van der Waals surface area (Å²) in [5, 5.41) is 0. The molecule has 0 aromatic carbocycles. The molecule has 0 aliphatic rings. The van der Waals surface area contributed by atoms with Gasteiger partial charge in [0.2, 0.25) is 0 Å². The Balaban J connectivity index is 0.000000649. The van der Waals surface area contributed by atoms with Crippen molar-refractivity contribution in [2.45, 2.75) is 107 Å². The Labute approximate surface area is 331 Å². The molecule has 284 valence electrons. The van der Waals surface area contributed by atoms with Crippen LogP contribution in [0.2, 0.25) is 0 Å². The van der Waals surface area contributed by atoms with Crippen molar-refractivity contribution in [2.24, 2.45) is 0 Å². The highest BCUT2D eigenvalue weighted by molar-refractivity contribution is 9.11. The number of anilines is 4. The van der Waals surface area contributed by atoms with Gasteiger partial charge in [-0.05, 0) is 117 Å². The van der Waals surface area contributed by atoms with Gasteiger partial charge in [0.05, 0.1) is 14.6 Å². The molecule has 0 saturated heterocycles. The minimum atomic E-state index is 0.450. The van der Waals surface area contributed by atoms with Gasteiger partial charge in [-0.25, -0.2) is 0 Å². The van der Waals surface area contributed by atoms with Crippen molar-refractivity contribution in [1.29, 1.82) is 0 Å². The van der Waals surface area contributed by atoms with Gasteiger partial charge >= 0.3 is 0 Å². The second-order valence-electron chi connectivity index (χ2n) is 14.0. The second-order valence-corrected chi connectivity index (χ2v) is 15.7. The van der Waals surface area contributed by atoms with Gasteiger partial charge in [-0.15, -0.1) is 6.58 Å². The van der Waals surface area contributed by atoms with Crippen LogP contribution in [0.25, 0.3) is 11.1 Å². The molecule has 0 aliphatic carbocycles. The molecule has 0 unspecified atom stereocenters. The van der Waals surface area contributed by atoms with Crippen LogP contribution in [0.4, 0.5) is 22.7 Å². The zero-order valence-corrected chi connectivity index (χ0v) is 36.6. The lowest BCUT2D eigenvalue weighted by atomic mass is 9.96. The fourth-order valence-electron chi connectivity index (χ4n) is 4.42. The molecule has 0 bridgehead atoms. The Morgan fingerprint density at radius 1 is 0.442 bits per heavy atom. The predicted octanol–water partition coefficient (Wildman–Crippen LogP) is 12.3. The third-order valence-corrected chi connectivity index (χ3v) is 8.65. The topological polar surface area (TPSA) is 156 Å². The van der Waals surface area contributed by atoms with E-state index in [1.165, 1.54) is 5.57 Å². The lowest BCUT2D eigenvalue weighted by Crippen LogP contribution is -2.03. The van der Waals surface area contributed by atoms with E-state index < -0.39 is 0 Å². The molecule has 4 aromatic rings. The Morgan fingerprint density at radius 3 is 0.885 bits per heavy atom. The van der Waals surface area contributed by atoms with Crippen molar-refractivity contribution < 1.29 is 0 Å². The minimum absolute atomic E-state index is 0.450. The van der Waals surface area contributed by atoms with Crippen LogP contribution in [-0.4, -0.2) is 19.9 Å². The van der Waals surface area contributed by atoms with Crippen molar-refractivity contribution in [3.63, 3.8) is 0 Å². The molecule has 0 saturated carbocycles. The molecule has 8 nitrogen and oxygen atoms in total. The first kappa shape index (κ1) is 48.0. The molecule has 4 aromatic heterocycles. The first-order chi connectivity index (χ1) is 24.1. The van der Waals surface area contributed by atoms with E-state index in [0.717, 1.165) is 70.5 Å². The Bertz CT molecular complexity index is 1590. The fourth-order valence-corrected chi connectivity index (χ4v) is 5.35. The molecule has 52 heavy (non-hydrogen) atoms. The van der Waals surface area contributed by atoms with Crippen LogP contribution in [0, 0.1) is 0 Å². The van der Waals surface area contributed by atoms with Crippen molar-refractivity contribution in [3.8, 4) is 0 Å². The molecule has 10 heteroatoms. The van der Waals surface area contributed by atoms with E-state index in [-0.39, 0.29) is 0 Å². The molecule has 0 aliphatic heterocycles. The van der Waals surface area contributed by atoms with E-state index in [0.29, 0.717) is 29.4 Å². The van der Waals surface area contributed by atoms with Crippen LogP contribution in [0.15, 0.2) is 83.8 Å². The number of halogens is 2. The third kappa shape index (κ3) is 16.1. The van der Waals surface area contributed by atoms with Gasteiger partial charge in [-0.1, -0.05) is 74.1 Å². The largest absolute Gasteiger partial charge is 0.398 e. The van der Waals surface area contributed by atoms with Crippen molar-refractivity contribution >= 4 is 65.8 Å². The van der Waals surface area contributed by atoms with Gasteiger partial charge in [0.1, 0.15) is 0 Å². The number of hydrogen-bond acceptors (Lipinski definition) is 8. The number of hydrogen-bond donors (Lipinski definition) is 4. The zero-order valence-electron chi connectivity index (χ0n) is 33.4. The van der Waals surface area contributed by atoms with Crippen LogP contribution in [-0.2, 0) is 0 Å². The smallest absolute Gasteiger partial charge is 0.0634 e. The summed E-state index contributed by atoms with van der Waals surface area (Å²) in [5.74, 6) is 1.80. The summed E-state index contributed by atoms with van der Waals surface area (Å²) in [6.45, 7) is 36.1. The number of pyridine rings is 4. The molecule has 8 N–H and O–H groups in total. The standard InChI is InChI=1S/2C11H18N2.C11H14N2.C5H4Br2N2.C4H8/c3*1-7(2)9-5-13-6-10(8(3)4)11(9)12;6-3-1-9-2-4(7)5(3)8;1-4(2)3/h2*5-8H,1-4H3,(H2,12,13);5-6H,1,3H2,2,4H3,(H2,12,13);1-2H,(H2,8,9);1H2,2-3H3. The molecule has 0 radical (unpaired) electrons. The SMILES string of the molecule is C=C(C)C.C=C(C)c1cncc(C(=C)C)c1N.CC(C)c1cncc(C(C)C)c1N.CC(C)c1cncc(C(C)C)c1N.Nc1c(Br)cncc1Br. The van der Waals surface area contributed by atoms with E-state index >= 15 is 0 Å². The maximum Gasteiger partial charge on any atom is 0.0634 e. The first-order valence-electron chi connectivity index (χ1n) is 17.2. The summed E-state index contributed by atoms with van der Waals surface area (Å²) in [6.07, 6.45) is 14.2. The molecule has 4 rings (SSSR count). The quantitative estimate of drug-likeness (QED) is 0.140.